The van der Waals surface area contributed by atoms with E-state index >= 15 is 0 Å². The molecule has 2 rings (SSSR count). The van der Waals surface area contributed by atoms with Crippen LogP contribution in [0.2, 0.25) is 0 Å². The summed E-state index contributed by atoms with van der Waals surface area (Å²) in [5, 5.41) is 0. The summed E-state index contributed by atoms with van der Waals surface area (Å²) in [7, 11) is 2.96. The highest BCUT2D eigenvalue weighted by molar-refractivity contribution is 6.26. The third-order valence-electron chi connectivity index (χ3n) is 3.86. The van der Waals surface area contributed by atoms with Crippen LogP contribution in [0.15, 0.2) is 23.9 Å². The van der Waals surface area contributed by atoms with Crippen molar-refractivity contribution in [3.63, 3.8) is 0 Å². The molecular formula is C18H20N2O6. The van der Waals surface area contributed by atoms with Gasteiger partial charge in [-0.15, -0.1) is 0 Å². The van der Waals surface area contributed by atoms with Gasteiger partial charge >= 0.3 is 6.03 Å². The number of amides is 5. The van der Waals surface area contributed by atoms with Crippen molar-refractivity contribution in [1.82, 2.24) is 9.80 Å². The van der Waals surface area contributed by atoms with Crippen molar-refractivity contribution in [2.75, 3.05) is 14.2 Å². The zero-order valence-corrected chi connectivity index (χ0v) is 15.1. The summed E-state index contributed by atoms with van der Waals surface area (Å²) in [6.45, 7) is 3.10. The molecular weight excluding hydrogens is 340 g/mol. The van der Waals surface area contributed by atoms with Crippen molar-refractivity contribution < 1.29 is 28.7 Å². The summed E-state index contributed by atoms with van der Waals surface area (Å²) >= 11 is 0. The highest BCUT2D eigenvalue weighted by atomic mass is 16.5. The molecule has 0 bridgehead atoms. The number of ether oxygens (including phenoxy) is 2. The number of carbonyl (C=O) groups is 4. The van der Waals surface area contributed by atoms with Crippen molar-refractivity contribution in [2.24, 2.45) is 0 Å². The van der Waals surface area contributed by atoms with Gasteiger partial charge in [0.25, 0.3) is 5.91 Å². The van der Waals surface area contributed by atoms with Gasteiger partial charge in [-0.3, -0.25) is 14.4 Å². The Bertz CT molecular complexity index is 799. The highest BCUT2D eigenvalue weighted by Crippen LogP contribution is 2.30. The Kier molecular flexibility index (Phi) is 5.76. The van der Waals surface area contributed by atoms with Gasteiger partial charge in [0.1, 0.15) is 5.70 Å². The molecule has 8 heteroatoms. The Morgan fingerprint density at radius 3 is 2.08 bits per heavy atom. The quantitative estimate of drug-likeness (QED) is 0.590. The van der Waals surface area contributed by atoms with Crippen LogP contribution in [0, 0.1) is 0 Å². The summed E-state index contributed by atoms with van der Waals surface area (Å²) in [5.74, 6) is -1.13. The molecule has 0 atom stereocenters. The minimum atomic E-state index is -0.944. The molecule has 0 radical (unpaired) electrons. The first-order valence-electron chi connectivity index (χ1n) is 8.07. The summed E-state index contributed by atoms with van der Waals surface area (Å²) < 4.78 is 10.4. The molecule has 8 nitrogen and oxygen atoms in total. The number of benzene rings is 1. The van der Waals surface area contributed by atoms with E-state index in [1.165, 1.54) is 27.2 Å². The lowest BCUT2D eigenvalue weighted by Crippen LogP contribution is -2.39. The second-order valence-electron chi connectivity index (χ2n) is 5.40. The first-order valence-corrected chi connectivity index (χ1v) is 8.07. The molecule has 1 heterocycles. The number of hydrogen-bond acceptors (Lipinski definition) is 6. The lowest BCUT2D eigenvalue weighted by molar-refractivity contribution is -0.137. The van der Waals surface area contributed by atoms with Gasteiger partial charge in [-0.1, -0.05) is 19.9 Å². The largest absolute Gasteiger partial charge is 0.493 e. The van der Waals surface area contributed by atoms with Crippen molar-refractivity contribution >= 4 is 29.8 Å². The molecule has 1 saturated heterocycles. The van der Waals surface area contributed by atoms with E-state index < -0.39 is 23.8 Å². The maximum Gasteiger partial charge on any atom is 0.345 e. The van der Waals surface area contributed by atoms with E-state index in [1.807, 2.05) is 0 Å². The predicted octanol–water partition coefficient (Wildman–Crippen LogP) is 2.18. The van der Waals surface area contributed by atoms with Crippen molar-refractivity contribution in [2.45, 2.75) is 26.7 Å². The molecule has 1 aliphatic rings. The van der Waals surface area contributed by atoms with Gasteiger partial charge in [-0.2, -0.15) is 4.90 Å². The Balaban J connectivity index is 2.54. The fourth-order valence-electron chi connectivity index (χ4n) is 2.50. The van der Waals surface area contributed by atoms with E-state index in [4.69, 9.17) is 9.47 Å². The number of nitrogens with zero attached hydrogens (tertiary/aromatic N) is 2. The van der Waals surface area contributed by atoms with Crippen LogP contribution in [-0.4, -0.2) is 47.8 Å². The Morgan fingerprint density at radius 1 is 0.962 bits per heavy atom. The number of hydrogen-bond donors (Lipinski definition) is 0. The van der Waals surface area contributed by atoms with E-state index in [9.17, 15) is 19.2 Å². The number of imide groups is 4. The average Bonchev–Trinajstić information content (AvgIpc) is 2.90. The normalized spacial score (nSPS) is 15.6. The topological polar surface area (TPSA) is 93.2 Å². The Morgan fingerprint density at radius 2 is 1.54 bits per heavy atom. The van der Waals surface area contributed by atoms with Gasteiger partial charge in [0.2, 0.25) is 11.8 Å². The molecule has 0 N–H and O–H groups in total. The van der Waals surface area contributed by atoms with Gasteiger partial charge in [-0.05, 0) is 23.8 Å². The molecule has 138 valence electrons. The molecule has 0 unspecified atom stereocenters. The van der Waals surface area contributed by atoms with E-state index in [2.05, 4.69) is 0 Å². The molecule has 1 aromatic rings. The van der Waals surface area contributed by atoms with Crippen LogP contribution in [0.25, 0.3) is 6.08 Å². The third-order valence-corrected chi connectivity index (χ3v) is 3.86. The second kappa shape index (κ2) is 7.81. The second-order valence-corrected chi connectivity index (χ2v) is 5.40. The summed E-state index contributed by atoms with van der Waals surface area (Å²) in [6.07, 6.45) is 1.35. The zero-order valence-electron chi connectivity index (χ0n) is 15.1. The van der Waals surface area contributed by atoms with Crippen LogP contribution in [-0.2, 0) is 14.4 Å². The monoisotopic (exact) mass is 360 g/mol. The predicted molar refractivity (Wildman–Crippen MR) is 92.2 cm³/mol. The van der Waals surface area contributed by atoms with Gasteiger partial charge in [-0.25, -0.2) is 9.69 Å². The first-order chi connectivity index (χ1) is 12.4. The summed E-state index contributed by atoms with van der Waals surface area (Å²) in [5.41, 5.74) is 0.342. The Labute approximate surface area is 151 Å². The van der Waals surface area contributed by atoms with Gasteiger partial charge in [0, 0.05) is 12.8 Å². The molecule has 1 aromatic carbocycles. The number of methoxy groups -OCH3 is 2. The maximum atomic E-state index is 12.6. The molecule has 0 aliphatic carbocycles. The zero-order chi connectivity index (χ0) is 19.4. The molecule has 0 spiro atoms. The van der Waals surface area contributed by atoms with E-state index in [1.54, 1.807) is 25.1 Å². The minimum absolute atomic E-state index is 0.0104. The first kappa shape index (κ1) is 19.2. The van der Waals surface area contributed by atoms with Crippen LogP contribution >= 0.6 is 0 Å². The minimum Gasteiger partial charge on any atom is -0.493 e. The Hall–Kier alpha value is -3.16. The molecule has 26 heavy (non-hydrogen) atoms. The molecule has 1 aliphatic heterocycles. The third kappa shape index (κ3) is 3.30. The maximum absolute atomic E-state index is 12.6. The number of urea groups is 1. The molecule has 1 fully saturated rings. The lowest BCUT2D eigenvalue weighted by Gasteiger charge is -2.13. The number of rotatable bonds is 5. The molecule has 0 aromatic heterocycles. The molecule has 5 amide bonds. The standard InChI is InChI=1S/C18H20N2O6/c1-5-15(21)19-12(17(23)20(18(19)24)16(22)6-2)9-11-7-8-13(25-3)14(10-11)26-4/h7-10H,5-6H2,1-4H3/b12-9+. The van der Waals surface area contributed by atoms with Gasteiger partial charge < -0.3 is 9.47 Å². The fourth-order valence-corrected chi connectivity index (χ4v) is 2.50. The van der Waals surface area contributed by atoms with E-state index in [0.717, 1.165) is 4.90 Å². The van der Waals surface area contributed by atoms with E-state index in [-0.39, 0.29) is 18.5 Å². The lowest BCUT2D eigenvalue weighted by atomic mass is 10.1. The van der Waals surface area contributed by atoms with Crippen molar-refractivity contribution in [3.8, 4) is 11.5 Å². The van der Waals surface area contributed by atoms with Gasteiger partial charge in [0.05, 0.1) is 14.2 Å². The van der Waals surface area contributed by atoms with Crippen molar-refractivity contribution in [3.05, 3.63) is 29.5 Å². The molecule has 0 saturated carbocycles. The fraction of sp³-hybridized carbons (Fsp3) is 0.333. The average molecular weight is 360 g/mol. The summed E-state index contributed by atoms with van der Waals surface area (Å²) in [4.78, 5) is 50.4. The van der Waals surface area contributed by atoms with Crippen molar-refractivity contribution in [1.29, 1.82) is 0 Å². The highest BCUT2D eigenvalue weighted by Gasteiger charge is 2.46. The van der Waals surface area contributed by atoms with Crippen LogP contribution in [0.3, 0.4) is 0 Å². The van der Waals surface area contributed by atoms with E-state index in [0.29, 0.717) is 22.0 Å². The SMILES string of the molecule is CCC(=O)N1C(=O)/C(=C\c2ccc(OC)c(OC)c2)N(C(=O)CC)C1=O. The van der Waals surface area contributed by atoms with Gasteiger partial charge in [0.15, 0.2) is 11.5 Å². The van der Waals surface area contributed by atoms with Crippen LogP contribution in [0.4, 0.5) is 4.79 Å². The van der Waals surface area contributed by atoms with Crippen LogP contribution < -0.4 is 9.47 Å². The van der Waals surface area contributed by atoms with Crippen LogP contribution in [0.1, 0.15) is 32.3 Å². The number of carbonyl (C=O) groups excluding carboxylic acids is 4. The summed E-state index contributed by atoms with van der Waals surface area (Å²) in [6, 6.07) is 3.93. The smallest absolute Gasteiger partial charge is 0.345 e. The van der Waals surface area contributed by atoms with Crippen LogP contribution in [0.5, 0.6) is 11.5 Å².